The molecular weight excluding hydrogens is 172 g/mol. The lowest BCUT2D eigenvalue weighted by Gasteiger charge is -2.37. The molecule has 0 saturated carbocycles. The van der Waals surface area contributed by atoms with E-state index in [0.29, 0.717) is 12.0 Å². The molecule has 2 atom stereocenters. The first-order valence-electron chi connectivity index (χ1n) is 5.72. The largest absolute Gasteiger partial charge is 0.319 e. The van der Waals surface area contributed by atoms with Gasteiger partial charge in [0.25, 0.3) is 0 Å². The Balaban J connectivity index is 4.55. The van der Waals surface area contributed by atoms with Crippen LogP contribution in [0.15, 0.2) is 0 Å². The molecule has 0 bridgehead atoms. The molecule has 86 valence electrons. The van der Waals surface area contributed by atoms with E-state index >= 15 is 0 Å². The fourth-order valence-corrected chi connectivity index (χ4v) is 2.46. The summed E-state index contributed by atoms with van der Waals surface area (Å²) in [5, 5.41) is 3.31. The standard InChI is InChI=1S/C12H28N2/c1-9(2)11(8-13-5)12(10(3)4)14(6)7/h9-13H,8H2,1-7H3. The van der Waals surface area contributed by atoms with Crippen LogP contribution in [-0.2, 0) is 0 Å². The number of rotatable bonds is 6. The van der Waals surface area contributed by atoms with Gasteiger partial charge in [0.15, 0.2) is 0 Å². The maximum Gasteiger partial charge on any atom is 0.0155 e. The molecular formula is C12H28N2. The summed E-state index contributed by atoms with van der Waals surface area (Å²) >= 11 is 0. The molecule has 2 unspecified atom stereocenters. The SMILES string of the molecule is CNCC(C(C)C)C(C(C)C)N(C)C. The summed E-state index contributed by atoms with van der Waals surface area (Å²) in [6.45, 7) is 10.4. The van der Waals surface area contributed by atoms with Gasteiger partial charge in [0, 0.05) is 6.04 Å². The Hall–Kier alpha value is -0.0800. The average Bonchev–Trinajstić information content (AvgIpc) is 2.01. The molecule has 0 spiro atoms. The van der Waals surface area contributed by atoms with E-state index in [0.717, 1.165) is 18.4 Å². The minimum Gasteiger partial charge on any atom is -0.319 e. The van der Waals surface area contributed by atoms with Gasteiger partial charge in [-0.1, -0.05) is 27.7 Å². The normalized spacial score (nSPS) is 16.7. The van der Waals surface area contributed by atoms with Crippen molar-refractivity contribution in [2.75, 3.05) is 27.7 Å². The summed E-state index contributed by atoms with van der Waals surface area (Å²) in [7, 11) is 6.42. The third-order valence-electron chi connectivity index (χ3n) is 3.01. The second kappa shape index (κ2) is 6.41. The Morgan fingerprint density at radius 3 is 1.71 bits per heavy atom. The Labute approximate surface area is 90.1 Å². The van der Waals surface area contributed by atoms with Crippen molar-refractivity contribution in [1.82, 2.24) is 10.2 Å². The summed E-state index contributed by atoms with van der Waals surface area (Å²) in [4.78, 5) is 2.37. The maximum absolute atomic E-state index is 3.31. The fourth-order valence-electron chi connectivity index (χ4n) is 2.46. The summed E-state index contributed by atoms with van der Waals surface area (Å²) in [5.74, 6) is 2.18. The molecule has 2 heteroatoms. The van der Waals surface area contributed by atoms with Crippen molar-refractivity contribution in [3.8, 4) is 0 Å². The minimum atomic E-state index is 0.669. The lowest BCUT2D eigenvalue weighted by Crippen LogP contribution is -2.45. The van der Waals surface area contributed by atoms with E-state index in [1.54, 1.807) is 0 Å². The van der Waals surface area contributed by atoms with E-state index in [4.69, 9.17) is 0 Å². The molecule has 1 N–H and O–H groups in total. The molecule has 0 aliphatic heterocycles. The fraction of sp³-hybridized carbons (Fsp3) is 1.00. The van der Waals surface area contributed by atoms with Gasteiger partial charge in [-0.25, -0.2) is 0 Å². The van der Waals surface area contributed by atoms with Crippen LogP contribution in [0.1, 0.15) is 27.7 Å². The van der Waals surface area contributed by atoms with E-state index in [1.807, 2.05) is 7.05 Å². The van der Waals surface area contributed by atoms with Crippen LogP contribution in [0.5, 0.6) is 0 Å². The highest BCUT2D eigenvalue weighted by Gasteiger charge is 2.27. The Bertz CT molecular complexity index is 133. The smallest absolute Gasteiger partial charge is 0.0155 e. The van der Waals surface area contributed by atoms with Gasteiger partial charge in [-0.3, -0.25) is 0 Å². The quantitative estimate of drug-likeness (QED) is 0.706. The summed E-state index contributed by atoms with van der Waals surface area (Å²) in [5.41, 5.74) is 0. The molecule has 0 fully saturated rings. The van der Waals surface area contributed by atoms with Crippen molar-refractivity contribution in [2.45, 2.75) is 33.7 Å². The highest BCUT2D eigenvalue weighted by molar-refractivity contribution is 4.82. The molecule has 0 heterocycles. The van der Waals surface area contributed by atoms with Crippen molar-refractivity contribution in [3.63, 3.8) is 0 Å². The van der Waals surface area contributed by atoms with Crippen molar-refractivity contribution in [3.05, 3.63) is 0 Å². The zero-order valence-corrected chi connectivity index (χ0v) is 11.0. The van der Waals surface area contributed by atoms with Gasteiger partial charge in [0.05, 0.1) is 0 Å². The predicted molar refractivity (Wildman–Crippen MR) is 64.6 cm³/mol. The molecule has 0 aromatic heterocycles. The van der Waals surface area contributed by atoms with Gasteiger partial charge in [-0.05, 0) is 45.4 Å². The molecule has 0 radical (unpaired) electrons. The van der Waals surface area contributed by atoms with Crippen LogP contribution < -0.4 is 5.32 Å². The van der Waals surface area contributed by atoms with Crippen LogP contribution in [-0.4, -0.2) is 38.6 Å². The van der Waals surface area contributed by atoms with E-state index < -0.39 is 0 Å². The van der Waals surface area contributed by atoms with E-state index in [2.05, 4.69) is 52.0 Å². The van der Waals surface area contributed by atoms with Crippen molar-refractivity contribution in [2.24, 2.45) is 17.8 Å². The number of nitrogens with zero attached hydrogens (tertiary/aromatic N) is 1. The lowest BCUT2D eigenvalue weighted by atomic mass is 9.82. The molecule has 0 saturated heterocycles. The van der Waals surface area contributed by atoms with Crippen LogP contribution in [0, 0.1) is 17.8 Å². The molecule has 0 amide bonds. The molecule has 0 aliphatic carbocycles. The van der Waals surface area contributed by atoms with Crippen molar-refractivity contribution < 1.29 is 0 Å². The first kappa shape index (κ1) is 13.9. The van der Waals surface area contributed by atoms with Gasteiger partial charge in [0.2, 0.25) is 0 Å². The number of hydrogen-bond acceptors (Lipinski definition) is 2. The van der Waals surface area contributed by atoms with Crippen LogP contribution in [0.2, 0.25) is 0 Å². The average molecular weight is 200 g/mol. The lowest BCUT2D eigenvalue weighted by molar-refractivity contribution is 0.125. The predicted octanol–water partition coefficient (Wildman–Crippen LogP) is 2.06. The second-order valence-electron chi connectivity index (χ2n) is 5.16. The van der Waals surface area contributed by atoms with Crippen LogP contribution >= 0.6 is 0 Å². The van der Waals surface area contributed by atoms with Crippen LogP contribution in [0.4, 0.5) is 0 Å². The summed E-state index contributed by atoms with van der Waals surface area (Å²) in [6, 6.07) is 0.669. The van der Waals surface area contributed by atoms with Crippen LogP contribution in [0.25, 0.3) is 0 Å². The van der Waals surface area contributed by atoms with Gasteiger partial charge in [-0.15, -0.1) is 0 Å². The minimum absolute atomic E-state index is 0.669. The summed E-state index contributed by atoms with van der Waals surface area (Å²) < 4.78 is 0. The highest BCUT2D eigenvalue weighted by atomic mass is 15.1. The van der Waals surface area contributed by atoms with Gasteiger partial charge in [0.1, 0.15) is 0 Å². The van der Waals surface area contributed by atoms with Gasteiger partial charge >= 0.3 is 0 Å². The zero-order chi connectivity index (χ0) is 11.3. The zero-order valence-electron chi connectivity index (χ0n) is 11.0. The third kappa shape index (κ3) is 3.97. The molecule has 0 aliphatic rings. The Morgan fingerprint density at radius 1 is 1.00 bits per heavy atom. The molecule has 0 aromatic rings. The monoisotopic (exact) mass is 200 g/mol. The topological polar surface area (TPSA) is 15.3 Å². The Kier molecular flexibility index (Phi) is 6.38. The van der Waals surface area contributed by atoms with E-state index in [1.165, 1.54) is 0 Å². The maximum atomic E-state index is 3.31. The number of hydrogen-bond donors (Lipinski definition) is 1. The van der Waals surface area contributed by atoms with E-state index in [-0.39, 0.29) is 0 Å². The van der Waals surface area contributed by atoms with Crippen molar-refractivity contribution >= 4 is 0 Å². The van der Waals surface area contributed by atoms with Gasteiger partial charge < -0.3 is 10.2 Å². The summed E-state index contributed by atoms with van der Waals surface area (Å²) in [6.07, 6.45) is 0. The molecule has 0 aromatic carbocycles. The highest BCUT2D eigenvalue weighted by Crippen LogP contribution is 2.23. The van der Waals surface area contributed by atoms with Crippen LogP contribution in [0.3, 0.4) is 0 Å². The number of nitrogens with one attached hydrogen (secondary N) is 1. The first-order valence-corrected chi connectivity index (χ1v) is 5.72. The Morgan fingerprint density at radius 2 is 1.50 bits per heavy atom. The van der Waals surface area contributed by atoms with Crippen molar-refractivity contribution in [1.29, 1.82) is 0 Å². The molecule has 14 heavy (non-hydrogen) atoms. The van der Waals surface area contributed by atoms with E-state index in [9.17, 15) is 0 Å². The molecule has 2 nitrogen and oxygen atoms in total. The van der Waals surface area contributed by atoms with Gasteiger partial charge in [-0.2, -0.15) is 0 Å². The third-order valence-corrected chi connectivity index (χ3v) is 3.01. The second-order valence-corrected chi connectivity index (χ2v) is 5.16. The first-order chi connectivity index (χ1) is 6.41. The molecule has 0 rings (SSSR count).